The third kappa shape index (κ3) is 22.5. The fourth-order valence-electron chi connectivity index (χ4n) is 11.2. The number of ether oxygens (including phenoxy) is 3. The lowest BCUT2D eigenvalue weighted by Crippen LogP contribution is -1.96. The summed E-state index contributed by atoms with van der Waals surface area (Å²) in [5.41, 5.74) is 11.0. The molecule has 0 radical (unpaired) electrons. The first-order valence-electron chi connectivity index (χ1n) is 35.3. The van der Waals surface area contributed by atoms with E-state index in [2.05, 4.69) is 66.9 Å². The highest BCUT2D eigenvalue weighted by molar-refractivity contribution is 5.80. The van der Waals surface area contributed by atoms with Crippen molar-refractivity contribution < 1.29 is 27.8 Å². The summed E-state index contributed by atoms with van der Waals surface area (Å²) in [6.07, 6.45) is 30.4. The number of aromatic nitrogens is 3. The molecule has 0 aliphatic heterocycles. The number of benzene rings is 7. The van der Waals surface area contributed by atoms with E-state index >= 15 is 0 Å². The van der Waals surface area contributed by atoms with Gasteiger partial charge >= 0.3 is 0 Å². The van der Waals surface area contributed by atoms with Crippen molar-refractivity contribution >= 4 is 34.1 Å². The first kappa shape index (κ1) is 69.2. The molecule has 498 valence electrons. The standard InChI is InChI=1S/C81H93N9O6/c1-4-7-10-13-16-19-22-25-52-91-73-46-40-70(41-47-73)85-82-67-34-28-61(29-35-67)76-58-79(94-88-76)64-55-65(80-59-77(89-95-80)62-30-36-68(37-31-62)83-86-71-42-48-74(49-43-71)92-53-26-23-20-17-14-11-8-5-2)57-66(56-64)81-60-78(90-96-81)63-32-38-69(39-33-63)84-87-72-44-50-75(51-45-72)93-54-27-24-21-18-15-12-9-6-3/h28-51,55-60H,4-27,52-54H2,1-3H3. The van der Waals surface area contributed by atoms with Gasteiger partial charge < -0.3 is 27.8 Å². The van der Waals surface area contributed by atoms with Crippen LogP contribution in [0.4, 0.5) is 34.1 Å². The largest absolute Gasteiger partial charge is 0.494 e. The van der Waals surface area contributed by atoms with Crippen LogP contribution in [0.5, 0.6) is 17.2 Å². The molecule has 3 aromatic heterocycles. The minimum Gasteiger partial charge on any atom is -0.494 e. The number of hydrogen-bond acceptors (Lipinski definition) is 15. The maximum absolute atomic E-state index is 6.10. The number of hydrogen-bond donors (Lipinski definition) is 0. The van der Waals surface area contributed by atoms with Crippen molar-refractivity contribution in [2.45, 2.75) is 175 Å². The molecule has 0 N–H and O–H groups in total. The van der Waals surface area contributed by atoms with Crippen molar-refractivity contribution in [3.63, 3.8) is 0 Å². The summed E-state index contributed by atoms with van der Waals surface area (Å²) < 4.78 is 36.3. The molecule has 10 rings (SSSR count). The van der Waals surface area contributed by atoms with Gasteiger partial charge in [0.2, 0.25) is 0 Å². The summed E-state index contributed by atoms with van der Waals surface area (Å²) in [7, 11) is 0. The predicted octanol–water partition coefficient (Wildman–Crippen LogP) is 26.5. The van der Waals surface area contributed by atoms with E-state index in [0.29, 0.717) is 51.4 Å². The zero-order valence-electron chi connectivity index (χ0n) is 56.4. The molecule has 0 aliphatic rings. The Morgan fingerprint density at radius 3 is 0.677 bits per heavy atom. The minimum absolute atomic E-state index is 0.535. The Morgan fingerprint density at radius 2 is 0.448 bits per heavy atom. The molecule has 96 heavy (non-hydrogen) atoms. The molecule has 0 unspecified atom stereocenters. The van der Waals surface area contributed by atoms with Crippen LogP contribution in [0.3, 0.4) is 0 Å². The number of nitrogens with zero attached hydrogens (tertiary/aromatic N) is 9. The predicted molar refractivity (Wildman–Crippen MR) is 385 cm³/mol. The number of unbranched alkanes of at least 4 members (excludes halogenated alkanes) is 21. The average Bonchev–Trinajstić information content (AvgIpc) is 1.64. The van der Waals surface area contributed by atoms with E-state index in [4.69, 9.17) is 27.8 Å². The second kappa shape index (κ2) is 38.7. The zero-order chi connectivity index (χ0) is 66.0. The maximum Gasteiger partial charge on any atom is 0.167 e. The van der Waals surface area contributed by atoms with Crippen molar-refractivity contribution in [1.82, 2.24) is 15.5 Å². The first-order chi connectivity index (χ1) is 47.4. The Kier molecular flexibility index (Phi) is 27.9. The van der Waals surface area contributed by atoms with Gasteiger partial charge in [-0.15, -0.1) is 0 Å². The van der Waals surface area contributed by atoms with E-state index in [1.807, 2.05) is 182 Å². The summed E-state index contributed by atoms with van der Waals surface area (Å²) in [5, 5.41) is 40.5. The van der Waals surface area contributed by atoms with E-state index < -0.39 is 0 Å². The molecule has 3 heterocycles. The molecular formula is C81H93N9O6. The van der Waals surface area contributed by atoms with Gasteiger partial charge in [0.25, 0.3) is 0 Å². The van der Waals surface area contributed by atoms with Crippen LogP contribution in [0.2, 0.25) is 0 Å². The van der Waals surface area contributed by atoms with Gasteiger partial charge in [0.05, 0.1) is 53.9 Å². The van der Waals surface area contributed by atoms with Crippen LogP contribution in [0, 0.1) is 0 Å². The summed E-state index contributed by atoms with van der Waals surface area (Å²) >= 11 is 0. The van der Waals surface area contributed by atoms with Crippen LogP contribution < -0.4 is 14.2 Å². The van der Waals surface area contributed by atoms with E-state index in [1.165, 1.54) is 135 Å². The maximum atomic E-state index is 6.10. The van der Waals surface area contributed by atoms with Gasteiger partial charge in [0, 0.05) is 51.6 Å². The van der Waals surface area contributed by atoms with Crippen LogP contribution in [-0.2, 0) is 0 Å². The molecule has 15 nitrogen and oxygen atoms in total. The molecule has 0 saturated heterocycles. The van der Waals surface area contributed by atoms with Crippen molar-refractivity contribution in [3.8, 4) is 85.0 Å². The second-order valence-corrected chi connectivity index (χ2v) is 24.7. The Hall–Kier alpha value is -9.63. The molecule has 0 amide bonds. The van der Waals surface area contributed by atoms with Crippen LogP contribution in [0.15, 0.2) is 226 Å². The Balaban J connectivity index is 0.789. The Morgan fingerprint density at radius 1 is 0.240 bits per heavy atom. The lowest BCUT2D eigenvalue weighted by atomic mass is 9.99. The highest BCUT2D eigenvalue weighted by Crippen LogP contribution is 2.38. The molecule has 15 heteroatoms. The van der Waals surface area contributed by atoms with Crippen molar-refractivity contribution in [3.05, 3.63) is 182 Å². The lowest BCUT2D eigenvalue weighted by Gasteiger charge is -2.06. The third-order valence-electron chi connectivity index (χ3n) is 17.0. The molecule has 0 bridgehead atoms. The van der Waals surface area contributed by atoms with E-state index in [9.17, 15) is 0 Å². The Bertz CT molecular complexity index is 3510. The van der Waals surface area contributed by atoms with Gasteiger partial charge in [-0.1, -0.05) is 207 Å². The fourth-order valence-corrected chi connectivity index (χ4v) is 11.2. The molecular weight excluding hydrogens is 1190 g/mol. The summed E-state index contributed by atoms with van der Waals surface area (Å²) in [4.78, 5) is 0. The Labute approximate surface area is 566 Å². The van der Waals surface area contributed by atoms with E-state index in [1.54, 1.807) is 0 Å². The van der Waals surface area contributed by atoms with Gasteiger partial charge in [-0.3, -0.25) is 0 Å². The number of azo groups is 3. The minimum atomic E-state index is 0.535. The highest BCUT2D eigenvalue weighted by Gasteiger charge is 2.19. The average molecular weight is 1290 g/mol. The zero-order valence-corrected chi connectivity index (χ0v) is 56.4. The van der Waals surface area contributed by atoms with Crippen LogP contribution in [0.1, 0.15) is 175 Å². The topological polar surface area (TPSA) is 180 Å². The van der Waals surface area contributed by atoms with Crippen LogP contribution in [0.25, 0.3) is 67.7 Å². The summed E-state index contributed by atoms with van der Waals surface area (Å²) in [6, 6.07) is 58.2. The molecule has 0 atom stereocenters. The summed E-state index contributed by atoms with van der Waals surface area (Å²) in [6.45, 7) is 8.92. The molecule has 0 spiro atoms. The summed E-state index contributed by atoms with van der Waals surface area (Å²) in [5.74, 6) is 4.13. The molecule has 0 saturated carbocycles. The molecule has 0 aliphatic carbocycles. The SMILES string of the molecule is CCCCCCCCCCOc1ccc(N=Nc2ccc(-c3cc(-c4cc(-c5cc(-c6ccc(N=Nc7ccc(OCCCCCCCCCC)cc7)cc6)no5)cc(-c5cc(-c6ccc(N=Nc7ccc(OCCCCCCCCCC)cc7)cc6)no5)c4)on3)cc2)cc1. The molecule has 10 aromatic rings. The van der Waals surface area contributed by atoms with Gasteiger partial charge in [0.1, 0.15) is 34.3 Å². The second-order valence-electron chi connectivity index (χ2n) is 24.7. The van der Waals surface area contributed by atoms with Crippen molar-refractivity contribution in [2.75, 3.05) is 19.8 Å². The van der Waals surface area contributed by atoms with Gasteiger partial charge in [-0.05, 0) is 147 Å². The number of rotatable bonds is 42. The first-order valence-corrected chi connectivity index (χ1v) is 35.3. The molecule has 0 fully saturated rings. The van der Waals surface area contributed by atoms with Crippen LogP contribution in [-0.4, -0.2) is 35.3 Å². The van der Waals surface area contributed by atoms with Gasteiger partial charge in [-0.25, -0.2) is 0 Å². The normalized spacial score (nSPS) is 11.7. The van der Waals surface area contributed by atoms with Crippen LogP contribution >= 0.6 is 0 Å². The fraction of sp³-hybridized carbons (Fsp3) is 0.370. The highest BCUT2D eigenvalue weighted by atomic mass is 16.5. The smallest absolute Gasteiger partial charge is 0.167 e. The van der Waals surface area contributed by atoms with E-state index in [-0.39, 0.29) is 0 Å². The van der Waals surface area contributed by atoms with Gasteiger partial charge in [0.15, 0.2) is 17.3 Å². The molecule has 7 aromatic carbocycles. The van der Waals surface area contributed by atoms with Crippen molar-refractivity contribution in [2.24, 2.45) is 30.7 Å². The van der Waals surface area contributed by atoms with Crippen molar-refractivity contribution in [1.29, 1.82) is 0 Å². The monoisotopic (exact) mass is 1290 g/mol. The van der Waals surface area contributed by atoms with E-state index in [0.717, 1.165) is 107 Å². The lowest BCUT2D eigenvalue weighted by molar-refractivity contribution is 0.304. The third-order valence-corrected chi connectivity index (χ3v) is 17.0. The van der Waals surface area contributed by atoms with Gasteiger partial charge in [-0.2, -0.15) is 30.7 Å². The quantitative estimate of drug-likeness (QED) is 0.0266.